The molecule has 0 aromatic heterocycles. The van der Waals surface area contributed by atoms with Crippen LogP contribution < -0.4 is 4.74 Å². The van der Waals surface area contributed by atoms with E-state index in [9.17, 15) is 8.42 Å². The van der Waals surface area contributed by atoms with Crippen molar-refractivity contribution in [1.29, 1.82) is 0 Å². The molecule has 0 radical (unpaired) electrons. The molecule has 0 atom stereocenters. The van der Waals surface area contributed by atoms with Gasteiger partial charge in [0.25, 0.3) is 10.2 Å². The molecule has 1 aromatic carbocycles. The second-order valence-electron chi connectivity index (χ2n) is 9.90. The van der Waals surface area contributed by atoms with Gasteiger partial charge in [0.2, 0.25) is 0 Å². The molecule has 0 amide bonds. The molecular formula is C25H42BrN3O3S. The van der Waals surface area contributed by atoms with E-state index in [0.717, 1.165) is 49.7 Å². The van der Waals surface area contributed by atoms with Gasteiger partial charge >= 0.3 is 0 Å². The average Bonchev–Trinajstić information content (AvgIpc) is 2.81. The summed E-state index contributed by atoms with van der Waals surface area (Å²) < 4.78 is 34.8. The minimum Gasteiger partial charge on any atom is -0.497 e. The quantitative estimate of drug-likeness (QED) is 0.425. The zero-order valence-corrected chi connectivity index (χ0v) is 23.2. The van der Waals surface area contributed by atoms with Crippen molar-refractivity contribution in [2.24, 2.45) is 11.8 Å². The summed E-state index contributed by atoms with van der Waals surface area (Å²) in [6.07, 6.45) is 9.13. The first-order chi connectivity index (χ1) is 15.7. The van der Waals surface area contributed by atoms with Crippen molar-refractivity contribution in [2.75, 3.05) is 47.4 Å². The van der Waals surface area contributed by atoms with Crippen molar-refractivity contribution >= 4 is 26.1 Å². The first-order valence-electron chi connectivity index (χ1n) is 12.5. The summed E-state index contributed by atoms with van der Waals surface area (Å²) in [6, 6.07) is 6.42. The fourth-order valence-corrected chi connectivity index (χ4v) is 7.21. The van der Waals surface area contributed by atoms with Gasteiger partial charge in [0, 0.05) is 31.2 Å². The molecule has 0 N–H and O–H groups in total. The van der Waals surface area contributed by atoms with Crippen LogP contribution in [0, 0.1) is 11.8 Å². The Morgan fingerprint density at radius 3 is 2.30 bits per heavy atom. The van der Waals surface area contributed by atoms with E-state index in [2.05, 4.69) is 33.0 Å². The number of likely N-dealkylation sites (tertiary alicyclic amines) is 1. The van der Waals surface area contributed by atoms with Crippen LogP contribution in [-0.4, -0.2) is 75.4 Å². The molecule has 6 nitrogen and oxygen atoms in total. The third-order valence-corrected chi connectivity index (χ3v) is 10.5. The van der Waals surface area contributed by atoms with Crippen LogP contribution in [0.2, 0.25) is 0 Å². The molecule has 1 aliphatic heterocycles. The highest BCUT2D eigenvalue weighted by Crippen LogP contribution is 2.32. The minimum absolute atomic E-state index is 0.158. The third kappa shape index (κ3) is 7.17. The van der Waals surface area contributed by atoms with Crippen LogP contribution in [0.3, 0.4) is 0 Å². The van der Waals surface area contributed by atoms with Gasteiger partial charge in [-0.25, -0.2) is 0 Å². The Morgan fingerprint density at radius 1 is 1.06 bits per heavy atom. The van der Waals surface area contributed by atoms with E-state index in [0.29, 0.717) is 6.54 Å². The molecule has 1 aliphatic carbocycles. The van der Waals surface area contributed by atoms with Crippen LogP contribution >= 0.6 is 15.9 Å². The number of benzene rings is 1. The van der Waals surface area contributed by atoms with E-state index < -0.39 is 10.2 Å². The Morgan fingerprint density at radius 2 is 1.73 bits per heavy atom. The van der Waals surface area contributed by atoms with Crippen LogP contribution in [-0.2, 0) is 16.6 Å². The van der Waals surface area contributed by atoms with E-state index in [4.69, 9.17) is 4.74 Å². The number of methoxy groups -OCH3 is 1. The first-order valence-corrected chi connectivity index (χ1v) is 14.7. The summed E-state index contributed by atoms with van der Waals surface area (Å²) in [6.45, 7) is 6.05. The zero-order chi connectivity index (χ0) is 24.0. The Hall–Kier alpha value is -0.670. The lowest BCUT2D eigenvalue weighted by Gasteiger charge is -2.38. The van der Waals surface area contributed by atoms with Crippen LogP contribution in [0.25, 0.3) is 0 Å². The molecule has 2 aliphatic rings. The average molecular weight is 545 g/mol. The number of hydrogen-bond acceptors (Lipinski definition) is 4. The van der Waals surface area contributed by atoms with Crippen LogP contribution in [0.1, 0.15) is 57.4 Å². The maximum atomic E-state index is 12.6. The second-order valence-corrected chi connectivity index (χ2v) is 12.9. The lowest BCUT2D eigenvalue weighted by molar-refractivity contribution is 0.155. The largest absolute Gasteiger partial charge is 0.497 e. The molecule has 1 saturated carbocycles. The topological polar surface area (TPSA) is 53.1 Å². The van der Waals surface area contributed by atoms with Gasteiger partial charge in [-0.3, -0.25) is 0 Å². The predicted molar refractivity (Wildman–Crippen MR) is 139 cm³/mol. The number of ether oxygens (including phenoxy) is 1. The van der Waals surface area contributed by atoms with Crippen molar-refractivity contribution in [2.45, 2.75) is 64.3 Å². The molecule has 1 saturated heterocycles. The molecule has 1 aromatic rings. The Bertz CT molecular complexity index is 848. The van der Waals surface area contributed by atoms with E-state index in [1.165, 1.54) is 53.2 Å². The van der Waals surface area contributed by atoms with Gasteiger partial charge in [0.15, 0.2) is 0 Å². The summed E-state index contributed by atoms with van der Waals surface area (Å²) in [5.74, 6) is 2.40. The number of hydrogen-bond donors (Lipinski definition) is 0. The molecule has 3 rings (SSSR count). The lowest BCUT2D eigenvalue weighted by Crippen LogP contribution is -2.47. The fraction of sp³-hybridized carbons (Fsp3) is 0.760. The van der Waals surface area contributed by atoms with Gasteiger partial charge < -0.3 is 9.64 Å². The lowest BCUT2D eigenvalue weighted by atomic mass is 9.83. The molecule has 188 valence electrons. The number of rotatable bonds is 10. The maximum Gasteiger partial charge on any atom is 0.281 e. The van der Waals surface area contributed by atoms with Gasteiger partial charge in [-0.05, 0) is 107 Å². The number of piperidine rings is 1. The van der Waals surface area contributed by atoms with Gasteiger partial charge in [0.1, 0.15) is 5.75 Å². The van der Waals surface area contributed by atoms with E-state index >= 15 is 0 Å². The van der Waals surface area contributed by atoms with Crippen molar-refractivity contribution < 1.29 is 13.2 Å². The Kier molecular flexibility index (Phi) is 10.1. The standard InChI is InChI=1S/C25H42BrN3O3S/c1-5-29(33(30,31)27(2)3)23-8-6-20(7-9-23)12-15-28-16-13-21(14-17-28)18-22-19-24(32-4)10-11-25(22)26/h10-11,19-21,23H,5-9,12-18H2,1-4H3/t20-,23-. The molecule has 8 heteroatoms. The van der Waals surface area contributed by atoms with Gasteiger partial charge in [-0.15, -0.1) is 0 Å². The molecule has 33 heavy (non-hydrogen) atoms. The van der Waals surface area contributed by atoms with Crippen molar-refractivity contribution in [3.63, 3.8) is 0 Å². The Labute approximate surface area is 210 Å². The maximum absolute atomic E-state index is 12.6. The van der Waals surface area contributed by atoms with Gasteiger partial charge in [0.05, 0.1) is 7.11 Å². The normalized spacial score (nSPS) is 23.4. The monoisotopic (exact) mass is 543 g/mol. The second kappa shape index (κ2) is 12.3. The van der Waals surface area contributed by atoms with Crippen LogP contribution in [0.5, 0.6) is 5.75 Å². The minimum atomic E-state index is -3.32. The molecule has 1 heterocycles. The highest BCUT2D eigenvalue weighted by atomic mass is 79.9. The van der Waals surface area contributed by atoms with Crippen LogP contribution in [0.15, 0.2) is 22.7 Å². The third-order valence-electron chi connectivity index (χ3n) is 7.62. The molecule has 0 unspecified atom stereocenters. The first kappa shape index (κ1) is 26.9. The summed E-state index contributed by atoms with van der Waals surface area (Å²) in [4.78, 5) is 2.64. The summed E-state index contributed by atoms with van der Waals surface area (Å²) in [7, 11) is 1.66. The van der Waals surface area contributed by atoms with Gasteiger partial charge in [-0.2, -0.15) is 17.0 Å². The zero-order valence-electron chi connectivity index (χ0n) is 20.8. The molecule has 0 bridgehead atoms. The predicted octanol–water partition coefficient (Wildman–Crippen LogP) is 4.79. The SMILES string of the molecule is CCN([C@H]1CC[C@H](CCN2CCC(Cc3cc(OC)ccc3Br)CC2)CC1)S(=O)(=O)N(C)C. The smallest absolute Gasteiger partial charge is 0.281 e. The molecule has 2 fully saturated rings. The number of nitrogens with zero attached hydrogens (tertiary/aromatic N) is 3. The fourth-order valence-electron chi connectivity index (χ4n) is 5.47. The highest BCUT2D eigenvalue weighted by molar-refractivity contribution is 9.10. The van der Waals surface area contributed by atoms with Crippen molar-refractivity contribution in [3.8, 4) is 5.75 Å². The van der Waals surface area contributed by atoms with E-state index in [1.807, 2.05) is 13.0 Å². The highest BCUT2D eigenvalue weighted by Gasteiger charge is 2.33. The van der Waals surface area contributed by atoms with Crippen molar-refractivity contribution in [3.05, 3.63) is 28.2 Å². The molecule has 0 spiro atoms. The molecular weight excluding hydrogens is 502 g/mol. The Balaban J connectivity index is 1.39. The summed E-state index contributed by atoms with van der Waals surface area (Å²) in [5.41, 5.74) is 1.35. The van der Waals surface area contributed by atoms with E-state index in [-0.39, 0.29) is 6.04 Å². The summed E-state index contributed by atoms with van der Waals surface area (Å²) in [5, 5.41) is 0. The summed E-state index contributed by atoms with van der Waals surface area (Å²) >= 11 is 3.70. The number of halogens is 1. The van der Waals surface area contributed by atoms with Gasteiger partial charge in [-0.1, -0.05) is 22.9 Å². The van der Waals surface area contributed by atoms with Crippen LogP contribution in [0.4, 0.5) is 0 Å². The van der Waals surface area contributed by atoms with E-state index in [1.54, 1.807) is 25.5 Å². The van der Waals surface area contributed by atoms with Crippen molar-refractivity contribution in [1.82, 2.24) is 13.5 Å².